The molecule has 1 unspecified atom stereocenters. The summed E-state index contributed by atoms with van der Waals surface area (Å²) in [6.07, 6.45) is -4.31. The molecular weight excluding hydrogens is 295 g/mol. The molecule has 0 saturated carbocycles. The third-order valence-corrected chi connectivity index (χ3v) is 4.28. The molecule has 0 bridgehead atoms. The number of halogens is 3. The number of rotatable bonds is 5. The maximum absolute atomic E-state index is 12.5. The van der Waals surface area contributed by atoms with Crippen LogP contribution in [0.15, 0.2) is 29.2 Å². The zero-order chi connectivity index (χ0) is 15.6. The minimum atomic E-state index is -4.61. The highest BCUT2D eigenvalue weighted by Crippen LogP contribution is 2.30. The number of nitrogens with one attached hydrogen (secondary N) is 1. The van der Waals surface area contributed by atoms with E-state index in [1.807, 2.05) is 0 Å². The lowest BCUT2D eigenvalue weighted by Gasteiger charge is -2.21. The van der Waals surface area contributed by atoms with Crippen molar-refractivity contribution < 1.29 is 26.7 Å². The molecule has 0 radical (unpaired) electrons. The molecule has 0 heterocycles. The van der Waals surface area contributed by atoms with Crippen molar-refractivity contribution in [1.29, 1.82) is 0 Å². The average molecular weight is 311 g/mol. The van der Waals surface area contributed by atoms with Crippen LogP contribution in [-0.2, 0) is 16.2 Å². The van der Waals surface area contributed by atoms with Crippen LogP contribution in [0.4, 0.5) is 13.2 Å². The fourth-order valence-electron chi connectivity index (χ4n) is 1.30. The van der Waals surface area contributed by atoms with Gasteiger partial charge in [0.05, 0.1) is 16.1 Å². The predicted molar refractivity (Wildman–Crippen MR) is 67.5 cm³/mol. The van der Waals surface area contributed by atoms with Crippen molar-refractivity contribution in [2.24, 2.45) is 0 Å². The van der Waals surface area contributed by atoms with Crippen LogP contribution in [0, 0.1) is 0 Å². The first-order chi connectivity index (χ1) is 8.98. The number of hydrogen-bond acceptors (Lipinski definition) is 3. The van der Waals surface area contributed by atoms with Crippen LogP contribution >= 0.6 is 0 Å². The molecule has 1 aromatic carbocycles. The minimum absolute atomic E-state index is 0.276. The average Bonchev–Trinajstić information content (AvgIpc) is 2.36. The van der Waals surface area contributed by atoms with Gasteiger partial charge in [-0.2, -0.15) is 13.2 Å². The molecule has 0 aliphatic heterocycles. The smallest absolute Gasteiger partial charge is 0.389 e. The predicted octanol–water partition coefficient (Wildman–Crippen LogP) is 2.14. The Balaban J connectivity index is 2.99. The topological polar surface area (TPSA) is 66.4 Å². The number of sulfonamides is 1. The van der Waals surface area contributed by atoms with E-state index < -0.39 is 32.3 Å². The highest BCUT2D eigenvalue weighted by atomic mass is 32.2. The first kappa shape index (κ1) is 16.9. The fraction of sp³-hybridized carbons (Fsp3) is 0.500. The summed E-state index contributed by atoms with van der Waals surface area (Å²) in [6.45, 7) is 2.82. The van der Waals surface area contributed by atoms with E-state index in [0.717, 1.165) is 18.2 Å². The van der Waals surface area contributed by atoms with Gasteiger partial charge >= 0.3 is 6.18 Å². The number of hydrogen-bond donors (Lipinski definition) is 2. The number of alkyl halides is 3. The van der Waals surface area contributed by atoms with Crippen LogP contribution in [0.5, 0.6) is 0 Å². The van der Waals surface area contributed by atoms with Crippen LogP contribution in [-0.4, -0.2) is 25.7 Å². The van der Waals surface area contributed by atoms with Gasteiger partial charge in [-0.05, 0) is 31.5 Å². The lowest BCUT2D eigenvalue weighted by molar-refractivity contribution is -0.137. The summed E-state index contributed by atoms with van der Waals surface area (Å²) >= 11 is 0. The molecule has 20 heavy (non-hydrogen) atoms. The molecule has 0 fully saturated rings. The van der Waals surface area contributed by atoms with Crippen LogP contribution in [0.1, 0.15) is 25.8 Å². The van der Waals surface area contributed by atoms with E-state index in [9.17, 15) is 26.7 Å². The molecule has 0 aromatic heterocycles. The quantitative estimate of drug-likeness (QED) is 0.875. The van der Waals surface area contributed by atoms with Crippen molar-refractivity contribution >= 4 is 10.0 Å². The van der Waals surface area contributed by atoms with Crippen LogP contribution in [0.3, 0.4) is 0 Å². The van der Waals surface area contributed by atoms with Crippen molar-refractivity contribution in [1.82, 2.24) is 4.72 Å². The standard InChI is InChI=1S/C12H16F3NO3S/c1-3-11(2,17)8-16-20(18,19)10-6-4-5-9(7-10)12(13,14)15/h4-7,16-17H,3,8H2,1-2H3. The highest BCUT2D eigenvalue weighted by Gasteiger charge is 2.32. The van der Waals surface area contributed by atoms with E-state index in [1.165, 1.54) is 6.92 Å². The molecule has 0 spiro atoms. The second-order valence-corrected chi connectivity index (χ2v) is 6.47. The van der Waals surface area contributed by atoms with Gasteiger partial charge in [0, 0.05) is 6.54 Å². The Hall–Kier alpha value is -1.12. The van der Waals surface area contributed by atoms with Crippen molar-refractivity contribution in [3.05, 3.63) is 29.8 Å². The molecule has 8 heteroatoms. The molecular formula is C12H16F3NO3S. The van der Waals surface area contributed by atoms with Crippen LogP contribution in [0.25, 0.3) is 0 Å². The first-order valence-corrected chi connectivity index (χ1v) is 7.35. The largest absolute Gasteiger partial charge is 0.416 e. The zero-order valence-corrected chi connectivity index (χ0v) is 11.8. The molecule has 0 aliphatic rings. The van der Waals surface area contributed by atoms with Crippen molar-refractivity contribution in [2.75, 3.05) is 6.54 Å². The van der Waals surface area contributed by atoms with Gasteiger partial charge in [0.1, 0.15) is 0 Å². The van der Waals surface area contributed by atoms with E-state index in [1.54, 1.807) is 6.92 Å². The molecule has 114 valence electrons. The lowest BCUT2D eigenvalue weighted by Crippen LogP contribution is -2.40. The molecule has 1 rings (SSSR count). The number of aliphatic hydroxyl groups is 1. The Kier molecular flexibility index (Phi) is 4.83. The van der Waals surface area contributed by atoms with Gasteiger partial charge in [-0.15, -0.1) is 0 Å². The molecule has 2 N–H and O–H groups in total. The van der Waals surface area contributed by atoms with Gasteiger partial charge in [-0.3, -0.25) is 0 Å². The van der Waals surface area contributed by atoms with E-state index in [4.69, 9.17) is 0 Å². The Labute approximate surface area is 115 Å². The summed E-state index contributed by atoms with van der Waals surface area (Å²) in [4.78, 5) is -0.487. The van der Waals surface area contributed by atoms with Gasteiger partial charge in [-0.1, -0.05) is 13.0 Å². The molecule has 0 aliphatic carbocycles. The normalized spacial score (nSPS) is 15.9. The van der Waals surface area contributed by atoms with Crippen molar-refractivity contribution in [3.8, 4) is 0 Å². The fourth-order valence-corrected chi connectivity index (χ4v) is 2.51. The highest BCUT2D eigenvalue weighted by molar-refractivity contribution is 7.89. The maximum atomic E-state index is 12.5. The summed E-state index contributed by atoms with van der Waals surface area (Å²) < 4.78 is 63.5. The summed E-state index contributed by atoms with van der Waals surface area (Å²) in [5.41, 5.74) is -2.29. The monoisotopic (exact) mass is 311 g/mol. The maximum Gasteiger partial charge on any atom is 0.416 e. The van der Waals surface area contributed by atoms with E-state index in [2.05, 4.69) is 4.72 Å². The van der Waals surface area contributed by atoms with E-state index in [0.29, 0.717) is 12.5 Å². The van der Waals surface area contributed by atoms with Crippen molar-refractivity contribution in [3.63, 3.8) is 0 Å². The van der Waals surface area contributed by atoms with Gasteiger partial charge in [0.15, 0.2) is 0 Å². The van der Waals surface area contributed by atoms with Crippen LogP contribution < -0.4 is 4.72 Å². The second kappa shape index (κ2) is 5.71. The van der Waals surface area contributed by atoms with E-state index >= 15 is 0 Å². The Bertz CT molecular complexity index is 568. The third-order valence-electron chi connectivity index (χ3n) is 2.88. The first-order valence-electron chi connectivity index (χ1n) is 5.87. The summed E-state index contributed by atoms with van der Waals surface area (Å²) in [5, 5.41) is 9.71. The lowest BCUT2D eigenvalue weighted by atomic mass is 10.1. The van der Waals surface area contributed by atoms with Crippen LogP contribution in [0.2, 0.25) is 0 Å². The minimum Gasteiger partial charge on any atom is -0.389 e. The molecule has 0 saturated heterocycles. The Morgan fingerprint density at radius 1 is 1.30 bits per heavy atom. The third kappa shape index (κ3) is 4.46. The SMILES string of the molecule is CCC(C)(O)CNS(=O)(=O)c1cccc(C(F)(F)F)c1. The molecule has 4 nitrogen and oxygen atoms in total. The van der Waals surface area contributed by atoms with Gasteiger partial charge in [-0.25, -0.2) is 13.1 Å². The molecule has 1 atom stereocenters. The Morgan fingerprint density at radius 2 is 1.90 bits per heavy atom. The van der Waals surface area contributed by atoms with Gasteiger partial charge < -0.3 is 5.11 Å². The summed E-state index contributed by atoms with van der Waals surface area (Å²) in [7, 11) is -4.10. The van der Waals surface area contributed by atoms with Gasteiger partial charge in [0.2, 0.25) is 10.0 Å². The van der Waals surface area contributed by atoms with Crippen molar-refractivity contribution in [2.45, 2.75) is 36.9 Å². The second-order valence-electron chi connectivity index (χ2n) is 4.70. The Morgan fingerprint density at radius 3 is 2.40 bits per heavy atom. The summed E-state index contributed by atoms with van der Waals surface area (Å²) in [6, 6.07) is 3.44. The van der Waals surface area contributed by atoms with E-state index in [-0.39, 0.29) is 6.54 Å². The zero-order valence-electron chi connectivity index (χ0n) is 11.0. The molecule has 1 aromatic rings. The summed E-state index contributed by atoms with van der Waals surface area (Å²) in [5.74, 6) is 0. The number of benzene rings is 1. The molecule has 0 amide bonds. The van der Waals surface area contributed by atoms with Gasteiger partial charge in [0.25, 0.3) is 0 Å².